The number of halogens is 1. The molecule has 1 aromatic carbocycles. The van der Waals surface area contributed by atoms with Crippen molar-refractivity contribution in [2.24, 2.45) is 5.92 Å². The Balaban J connectivity index is 1.49. The van der Waals surface area contributed by atoms with Crippen molar-refractivity contribution in [3.05, 3.63) is 47.0 Å². The fourth-order valence-electron chi connectivity index (χ4n) is 4.47. The van der Waals surface area contributed by atoms with Gasteiger partial charge in [-0.25, -0.2) is 19.2 Å². The number of amides is 1. The summed E-state index contributed by atoms with van der Waals surface area (Å²) in [6, 6.07) is 4.34. The molecule has 0 spiro atoms. The van der Waals surface area contributed by atoms with E-state index in [9.17, 15) is 14.0 Å². The SMILES string of the molecule is CNC(=O)CC1CCC(n2c(=O)[nH]c3cnc(-n4cnc5ccc(F)cc54)nc32)CC1. The van der Waals surface area contributed by atoms with Crippen LogP contribution in [0, 0.1) is 11.7 Å². The molecule has 0 unspecified atom stereocenters. The van der Waals surface area contributed by atoms with Gasteiger partial charge in [-0.15, -0.1) is 0 Å². The summed E-state index contributed by atoms with van der Waals surface area (Å²) in [5.74, 6) is 0.327. The number of nitrogens with one attached hydrogen (secondary N) is 2. The summed E-state index contributed by atoms with van der Waals surface area (Å²) in [4.78, 5) is 40.5. The van der Waals surface area contributed by atoms with Crippen LogP contribution in [-0.2, 0) is 4.79 Å². The zero-order valence-electron chi connectivity index (χ0n) is 17.0. The number of H-pyrrole nitrogens is 1. The zero-order chi connectivity index (χ0) is 21.5. The highest BCUT2D eigenvalue weighted by molar-refractivity contribution is 5.77. The van der Waals surface area contributed by atoms with Gasteiger partial charge in [-0.2, -0.15) is 4.98 Å². The molecule has 160 valence electrons. The first kappa shape index (κ1) is 19.4. The van der Waals surface area contributed by atoms with E-state index in [0.29, 0.717) is 40.5 Å². The van der Waals surface area contributed by atoms with Gasteiger partial charge in [-0.05, 0) is 43.7 Å². The predicted octanol–water partition coefficient (Wildman–Crippen LogP) is 2.46. The van der Waals surface area contributed by atoms with Gasteiger partial charge >= 0.3 is 5.69 Å². The van der Waals surface area contributed by atoms with Crippen LogP contribution in [0.25, 0.3) is 28.1 Å². The van der Waals surface area contributed by atoms with Gasteiger partial charge in [0, 0.05) is 25.6 Å². The molecule has 0 radical (unpaired) electrons. The number of nitrogens with zero attached hydrogens (tertiary/aromatic N) is 5. The zero-order valence-corrected chi connectivity index (χ0v) is 17.0. The minimum absolute atomic E-state index is 0.00177. The van der Waals surface area contributed by atoms with Crippen LogP contribution in [0.4, 0.5) is 4.39 Å². The molecule has 0 aliphatic heterocycles. The molecule has 1 aliphatic rings. The summed E-state index contributed by atoms with van der Waals surface area (Å²) in [7, 11) is 1.65. The van der Waals surface area contributed by atoms with Gasteiger partial charge in [0.15, 0.2) is 5.65 Å². The van der Waals surface area contributed by atoms with E-state index in [4.69, 9.17) is 0 Å². The normalized spacial score (nSPS) is 19.2. The van der Waals surface area contributed by atoms with E-state index in [2.05, 4.69) is 25.3 Å². The van der Waals surface area contributed by atoms with Crippen LogP contribution in [0.3, 0.4) is 0 Å². The van der Waals surface area contributed by atoms with E-state index >= 15 is 0 Å². The van der Waals surface area contributed by atoms with Gasteiger partial charge in [0.2, 0.25) is 11.9 Å². The van der Waals surface area contributed by atoms with Crippen molar-refractivity contribution in [1.29, 1.82) is 0 Å². The number of carbonyl (C=O) groups excluding carboxylic acids is 1. The van der Waals surface area contributed by atoms with Gasteiger partial charge in [0.05, 0.1) is 17.2 Å². The maximum Gasteiger partial charge on any atom is 0.327 e. The first-order valence-corrected chi connectivity index (χ1v) is 10.3. The standard InChI is InChI=1S/C21H22FN7O2/c1-23-18(30)8-12-2-5-14(6-3-12)29-19-16(26-21(29)31)10-24-20(27-19)28-11-25-15-7-4-13(22)9-17(15)28/h4,7,9-12,14H,2-3,5-6,8H2,1H3,(H,23,30)(H,26,31). The second kappa shape index (κ2) is 7.60. The Bertz CT molecular complexity index is 1330. The van der Waals surface area contributed by atoms with Crippen LogP contribution < -0.4 is 11.0 Å². The summed E-state index contributed by atoms with van der Waals surface area (Å²) >= 11 is 0. The molecule has 3 aromatic heterocycles. The molecule has 4 aromatic rings. The number of rotatable bonds is 4. The lowest BCUT2D eigenvalue weighted by molar-refractivity contribution is -0.121. The Morgan fingerprint density at radius 2 is 2.06 bits per heavy atom. The van der Waals surface area contributed by atoms with Crippen molar-refractivity contribution in [1.82, 2.24) is 34.4 Å². The molecule has 1 amide bonds. The summed E-state index contributed by atoms with van der Waals surface area (Å²) in [6.07, 6.45) is 6.98. The maximum atomic E-state index is 13.7. The molecule has 9 nitrogen and oxygen atoms in total. The number of hydrogen-bond acceptors (Lipinski definition) is 5. The number of benzene rings is 1. The second-order valence-electron chi connectivity index (χ2n) is 8.01. The van der Waals surface area contributed by atoms with Crippen molar-refractivity contribution < 1.29 is 9.18 Å². The molecule has 1 aliphatic carbocycles. The average Bonchev–Trinajstić information content (AvgIpc) is 3.33. The van der Waals surface area contributed by atoms with E-state index in [1.165, 1.54) is 12.1 Å². The number of hydrogen-bond donors (Lipinski definition) is 2. The molecule has 3 heterocycles. The molecule has 1 fully saturated rings. The Morgan fingerprint density at radius 1 is 1.26 bits per heavy atom. The Labute approximate surface area is 176 Å². The predicted molar refractivity (Wildman–Crippen MR) is 112 cm³/mol. The third-order valence-electron chi connectivity index (χ3n) is 6.10. The number of carbonyl (C=O) groups is 1. The van der Waals surface area contributed by atoms with Gasteiger partial charge < -0.3 is 10.3 Å². The van der Waals surface area contributed by atoms with Gasteiger partial charge in [-0.3, -0.25) is 13.9 Å². The molecule has 1 saturated carbocycles. The highest BCUT2D eigenvalue weighted by Gasteiger charge is 2.27. The van der Waals surface area contributed by atoms with E-state index in [1.54, 1.807) is 34.8 Å². The molecule has 0 atom stereocenters. The lowest BCUT2D eigenvalue weighted by Gasteiger charge is -2.28. The van der Waals surface area contributed by atoms with Crippen LogP contribution >= 0.6 is 0 Å². The lowest BCUT2D eigenvalue weighted by Crippen LogP contribution is -2.28. The summed E-state index contributed by atoms with van der Waals surface area (Å²) in [6.45, 7) is 0. The molecule has 2 N–H and O–H groups in total. The number of aromatic nitrogens is 6. The third kappa shape index (κ3) is 3.47. The second-order valence-corrected chi connectivity index (χ2v) is 8.01. The first-order chi connectivity index (χ1) is 15.0. The molecular weight excluding hydrogens is 401 g/mol. The minimum Gasteiger partial charge on any atom is -0.359 e. The molecule has 0 bridgehead atoms. The van der Waals surface area contributed by atoms with E-state index < -0.39 is 0 Å². The summed E-state index contributed by atoms with van der Waals surface area (Å²) in [5.41, 5.74) is 2.03. The largest absolute Gasteiger partial charge is 0.359 e. The molecule has 0 saturated heterocycles. The Hall–Kier alpha value is -3.56. The van der Waals surface area contributed by atoms with Crippen LogP contribution in [-0.4, -0.2) is 42.0 Å². The Morgan fingerprint density at radius 3 is 2.84 bits per heavy atom. The fourth-order valence-corrected chi connectivity index (χ4v) is 4.47. The molecule has 10 heteroatoms. The minimum atomic E-state index is -0.373. The van der Waals surface area contributed by atoms with Crippen LogP contribution in [0.5, 0.6) is 0 Å². The van der Waals surface area contributed by atoms with Crippen LogP contribution in [0.15, 0.2) is 35.5 Å². The number of aromatic amines is 1. The highest BCUT2D eigenvalue weighted by Crippen LogP contribution is 2.34. The van der Waals surface area contributed by atoms with E-state index in [-0.39, 0.29) is 23.5 Å². The number of imidazole rings is 2. The third-order valence-corrected chi connectivity index (χ3v) is 6.10. The Kier molecular flexibility index (Phi) is 4.76. The van der Waals surface area contributed by atoms with Crippen LogP contribution in [0.1, 0.15) is 38.1 Å². The molecular formula is C21H22FN7O2. The molecule has 31 heavy (non-hydrogen) atoms. The van der Waals surface area contributed by atoms with Gasteiger partial charge in [-0.1, -0.05) is 0 Å². The van der Waals surface area contributed by atoms with E-state index in [0.717, 1.165) is 25.7 Å². The average molecular weight is 423 g/mol. The van der Waals surface area contributed by atoms with E-state index in [1.807, 2.05) is 0 Å². The van der Waals surface area contributed by atoms with Crippen molar-refractivity contribution in [3.8, 4) is 5.95 Å². The van der Waals surface area contributed by atoms with Gasteiger partial charge in [0.1, 0.15) is 17.7 Å². The van der Waals surface area contributed by atoms with Crippen molar-refractivity contribution in [2.45, 2.75) is 38.1 Å². The number of fused-ring (bicyclic) bond motifs is 2. The fraction of sp³-hybridized carbons (Fsp3) is 0.381. The van der Waals surface area contributed by atoms with Crippen molar-refractivity contribution in [2.75, 3.05) is 7.05 Å². The quantitative estimate of drug-likeness (QED) is 0.524. The van der Waals surface area contributed by atoms with Gasteiger partial charge in [0.25, 0.3) is 0 Å². The van der Waals surface area contributed by atoms with Crippen molar-refractivity contribution >= 4 is 28.1 Å². The summed E-state index contributed by atoms with van der Waals surface area (Å²) in [5, 5.41) is 2.67. The van der Waals surface area contributed by atoms with Crippen molar-refractivity contribution in [3.63, 3.8) is 0 Å². The first-order valence-electron chi connectivity index (χ1n) is 10.3. The smallest absolute Gasteiger partial charge is 0.327 e. The lowest BCUT2D eigenvalue weighted by atomic mass is 9.84. The topological polar surface area (TPSA) is 110 Å². The molecule has 5 rings (SSSR count). The highest BCUT2D eigenvalue weighted by atomic mass is 19.1. The monoisotopic (exact) mass is 423 g/mol. The maximum absolute atomic E-state index is 13.7. The van der Waals surface area contributed by atoms with Crippen LogP contribution in [0.2, 0.25) is 0 Å². The summed E-state index contributed by atoms with van der Waals surface area (Å²) < 4.78 is 17.1.